The Morgan fingerprint density at radius 2 is 1.65 bits per heavy atom. The van der Waals surface area contributed by atoms with E-state index in [0.29, 0.717) is 12.2 Å². The molecule has 0 aliphatic heterocycles. The molecule has 0 spiro atoms. The summed E-state index contributed by atoms with van der Waals surface area (Å²) in [7, 11) is -3.75. The fourth-order valence-electron chi connectivity index (χ4n) is 3.32. The average molecular weight is 553 g/mol. The first kappa shape index (κ1) is 27.9. The Hall–Kier alpha value is -2.39. The number of amides is 2. The summed E-state index contributed by atoms with van der Waals surface area (Å²) in [5.74, 6) is -0.475. The highest BCUT2D eigenvalue weighted by atomic mass is 79.9. The molecule has 9 heteroatoms. The Kier molecular flexibility index (Phi) is 9.70. The van der Waals surface area contributed by atoms with Gasteiger partial charge in [-0.3, -0.25) is 13.9 Å². The number of anilines is 1. The van der Waals surface area contributed by atoms with Gasteiger partial charge in [0.05, 0.1) is 11.9 Å². The van der Waals surface area contributed by atoms with E-state index in [0.717, 1.165) is 31.7 Å². The third-order valence-electron chi connectivity index (χ3n) is 5.43. The van der Waals surface area contributed by atoms with Gasteiger partial charge >= 0.3 is 0 Å². The SMILES string of the molecule is Cc1ccc(CN(C(=O)CN(c2ccc(Br)c(C)c2)S(C)(=O)=O)[C@@H](C)C(=O)NCC(C)C)cc1. The van der Waals surface area contributed by atoms with Crippen LogP contribution in [0.3, 0.4) is 0 Å². The summed E-state index contributed by atoms with van der Waals surface area (Å²) in [6.07, 6.45) is 1.07. The minimum Gasteiger partial charge on any atom is -0.354 e. The summed E-state index contributed by atoms with van der Waals surface area (Å²) in [4.78, 5) is 27.8. The molecule has 0 bridgehead atoms. The van der Waals surface area contributed by atoms with Crippen LogP contribution in [0.2, 0.25) is 0 Å². The minimum atomic E-state index is -3.75. The van der Waals surface area contributed by atoms with Gasteiger partial charge in [-0.05, 0) is 56.0 Å². The molecule has 0 heterocycles. The Morgan fingerprint density at radius 3 is 2.18 bits per heavy atom. The summed E-state index contributed by atoms with van der Waals surface area (Å²) in [5.41, 5.74) is 3.17. The van der Waals surface area contributed by atoms with Gasteiger partial charge in [0, 0.05) is 17.6 Å². The summed E-state index contributed by atoms with van der Waals surface area (Å²) in [6, 6.07) is 12.0. The number of hydrogen-bond donors (Lipinski definition) is 1. The standard InChI is InChI=1S/C25H34BrN3O4S/c1-17(2)14-27-25(31)20(5)28(15-21-9-7-18(3)8-10-21)24(30)16-29(34(6,32)33)22-11-12-23(26)19(4)13-22/h7-13,17,20H,14-16H2,1-6H3,(H,27,31)/t20-/m0/s1. The molecule has 0 saturated heterocycles. The molecule has 0 aliphatic rings. The lowest BCUT2D eigenvalue weighted by molar-refractivity contribution is -0.139. The first-order valence-corrected chi connectivity index (χ1v) is 13.8. The molecule has 0 radical (unpaired) electrons. The molecule has 34 heavy (non-hydrogen) atoms. The van der Waals surface area contributed by atoms with E-state index in [-0.39, 0.29) is 18.4 Å². The fourth-order valence-corrected chi connectivity index (χ4v) is 4.41. The molecule has 0 fully saturated rings. The van der Waals surface area contributed by atoms with Crippen molar-refractivity contribution in [3.63, 3.8) is 0 Å². The molecule has 1 atom stereocenters. The predicted molar refractivity (Wildman–Crippen MR) is 140 cm³/mol. The van der Waals surface area contributed by atoms with E-state index in [9.17, 15) is 18.0 Å². The lowest BCUT2D eigenvalue weighted by atomic mass is 10.1. The Labute approximate surface area is 211 Å². The van der Waals surface area contributed by atoms with E-state index in [1.165, 1.54) is 4.90 Å². The molecule has 0 aliphatic carbocycles. The van der Waals surface area contributed by atoms with Crippen molar-refractivity contribution in [2.75, 3.05) is 23.7 Å². The zero-order chi connectivity index (χ0) is 25.6. The van der Waals surface area contributed by atoms with Crippen molar-refractivity contribution in [3.8, 4) is 0 Å². The topological polar surface area (TPSA) is 86.8 Å². The lowest BCUT2D eigenvalue weighted by Gasteiger charge is -2.31. The number of carbonyl (C=O) groups is 2. The molecule has 7 nitrogen and oxygen atoms in total. The summed E-state index contributed by atoms with van der Waals surface area (Å²) >= 11 is 3.42. The Balaban J connectivity index is 2.37. The number of nitrogens with zero attached hydrogens (tertiary/aromatic N) is 2. The molecule has 0 unspecified atom stereocenters. The maximum atomic E-state index is 13.5. The van der Waals surface area contributed by atoms with E-state index >= 15 is 0 Å². The molecule has 2 rings (SSSR count). The molecule has 0 aromatic heterocycles. The van der Waals surface area contributed by atoms with Gasteiger partial charge in [-0.1, -0.05) is 59.6 Å². The molecule has 186 valence electrons. The molecule has 2 aromatic carbocycles. The minimum absolute atomic E-state index is 0.187. The molecule has 1 N–H and O–H groups in total. The maximum Gasteiger partial charge on any atom is 0.244 e. The van der Waals surface area contributed by atoms with Crippen LogP contribution in [-0.2, 0) is 26.2 Å². The highest BCUT2D eigenvalue weighted by Gasteiger charge is 2.30. The van der Waals surface area contributed by atoms with Crippen molar-refractivity contribution in [1.29, 1.82) is 0 Å². The van der Waals surface area contributed by atoms with Gasteiger partial charge in [-0.2, -0.15) is 0 Å². The van der Waals surface area contributed by atoms with Crippen molar-refractivity contribution in [2.24, 2.45) is 5.92 Å². The monoisotopic (exact) mass is 551 g/mol. The Morgan fingerprint density at radius 1 is 1.03 bits per heavy atom. The number of nitrogens with one attached hydrogen (secondary N) is 1. The van der Waals surface area contributed by atoms with Crippen LogP contribution in [0.15, 0.2) is 46.9 Å². The second-order valence-electron chi connectivity index (χ2n) is 9.03. The van der Waals surface area contributed by atoms with Gasteiger partial charge in [-0.25, -0.2) is 8.42 Å². The normalized spacial score (nSPS) is 12.4. The highest BCUT2D eigenvalue weighted by molar-refractivity contribution is 9.10. The van der Waals surface area contributed by atoms with Crippen LogP contribution in [0.25, 0.3) is 0 Å². The molecular formula is C25H34BrN3O4S. The van der Waals surface area contributed by atoms with E-state index in [4.69, 9.17) is 0 Å². The molecular weight excluding hydrogens is 518 g/mol. The first-order valence-electron chi connectivity index (χ1n) is 11.2. The van der Waals surface area contributed by atoms with Crippen LogP contribution in [0.1, 0.15) is 37.5 Å². The number of rotatable bonds is 10. The zero-order valence-corrected chi connectivity index (χ0v) is 23.0. The van der Waals surface area contributed by atoms with Crippen LogP contribution in [0.4, 0.5) is 5.69 Å². The number of benzene rings is 2. The van der Waals surface area contributed by atoms with Gasteiger partial charge in [0.1, 0.15) is 12.6 Å². The van der Waals surface area contributed by atoms with Crippen LogP contribution in [0, 0.1) is 19.8 Å². The van der Waals surface area contributed by atoms with Gasteiger partial charge in [0.25, 0.3) is 0 Å². The largest absolute Gasteiger partial charge is 0.354 e. The number of hydrogen-bond acceptors (Lipinski definition) is 4. The molecule has 2 amide bonds. The van der Waals surface area contributed by atoms with Gasteiger partial charge in [0.15, 0.2) is 0 Å². The number of carbonyl (C=O) groups excluding carboxylic acids is 2. The van der Waals surface area contributed by atoms with Crippen LogP contribution in [0.5, 0.6) is 0 Å². The van der Waals surface area contributed by atoms with Crippen molar-refractivity contribution < 1.29 is 18.0 Å². The summed E-state index contributed by atoms with van der Waals surface area (Å²) < 4.78 is 27.2. The lowest BCUT2D eigenvalue weighted by Crippen LogP contribution is -2.51. The second-order valence-corrected chi connectivity index (χ2v) is 11.8. The predicted octanol–water partition coefficient (Wildman–Crippen LogP) is 4.02. The van der Waals surface area contributed by atoms with E-state index < -0.39 is 28.5 Å². The summed E-state index contributed by atoms with van der Waals surface area (Å²) in [5, 5.41) is 2.87. The van der Waals surface area contributed by atoms with Crippen LogP contribution >= 0.6 is 15.9 Å². The highest BCUT2D eigenvalue weighted by Crippen LogP contribution is 2.25. The van der Waals surface area contributed by atoms with E-state index in [2.05, 4.69) is 21.2 Å². The second kappa shape index (κ2) is 11.8. The third-order valence-corrected chi connectivity index (χ3v) is 7.46. The number of halogens is 1. The average Bonchev–Trinajstić information content (AvgIpc) is 2.76. The van der Waals surface area contributed by atoms with Crippen molar-refractivity contribution in [3.05, 3.63) is 63.6 Å². The third kappa shape index (κ3) is 7.84. The van der Waals surface area contributed by atoms with Crippen molar-refractivity contribution >= 4 is 43.5 Å². The van der Waals surface area contributed by atoms with Crippen LogP contribution in [-0.4, -0.2) is 50.5 Å². The quantitative estimate of drug-likeness (QED) is 0.483. The van der Waals surface area contributed by atoms with Gasteiger partial charge in [-0.15, -0.1) is 0 Å². The maximum absolute atomic E-state index is 13.5. The number of sulfonamides is 1. The van der Waals surface area contributed by atoms with Crippen molar-refractivity contribution in [2.45, 2.75) is 47.2 Å². The fraction of sp³-hybridized carbons (Fsp3) is 0.440. The van der Waals surface area contributed by atoms with Crippen molar-refractivity contribution in [1.82, 2.24) is 10.2 Å². The van der Waals surface area contributed by atoms with Gasteiger partial charge in [0.2, 0.25) is 21.8 Å². The smallest absolute Gasteiger partial charge is 0.244 e. The van der Waals surface area contributed by atoms with Crippen LogP contribution < -0.4 is 9.62 Å². The van der Waals surface area contributed by atoms with Gasteiger partial charge < -0.3 is 10.2 Å². The summed E-state index contributed by atoms with van der Waals surface area (Å²) in [6.45, 7) is 9.73. The number of aryl methyl sites for hydroxylation is 2. The first-order chi connectivity index (χ1) is 15.8. The van der Waals surface area contributed by atoms with E-state index in [1.54, 1.807) is 25.1 Å². The molecule has 2 aromatic rings. The zero-order valence-electron chi connectivity index (χ0n) is 20.6. The molecule has 0 saturated carbocycles. The van der Waals surface area contributed by atoms with E-state index in [1.807, 2.05) is 52.0 Å². The Bertz CT molecular complexity index is 1120.